The molecule has 1 aliphatic rings. The number of halogens is 1. The van der Waals surface area contributed by atoms with Crippen LogP contribution in [0.5, 0.6) is 5.75 Å². The Labute approximate surface area is 168 Å². The van der Waals surface area contributed by atoms with E-state index < -0.39 is 0 Å². The number of rotatable bonds is 5. The lowest BCUT2D eigenvalue weighted by Gasteiger charge is -2.35. The Morgan fingerprint density at radius 2 is 1.93 bits per heavy atom. The van der Waals surface area contributed by atoms with Gasteiger partial charge in [0, 0.05) is 43.2 Å². The summed E-state index contributed by atoms with van der Waals surface area (Å²) in [6.07, 6.45) is 2.17. The number of piperazine rings is 1. The standard InChI is InChI=1S/C22H23FN4O2/c1-3-26-6-8-27(9-7-26)20-5-4-15(11-18(20)23)22-17-10-16(13-28)21(29-2)12-19(17)24-14-25-22/h4-5,10-14H,3,6-9H2,1-2H3. The number of methoxy groups -OCH3 is 1. The van der Waals surface area contributed by atoms with Gasteiger partial charge in [0.05, 0.1) is 29.6 Å². The van der Waals surface area contributed by atoms with E-state index >= 15 is 0 Å². The first-order chi connectivity index (χ1) is 14.1. The van der Waals surface area contributed by atoms with Crippen molar-refractivity contribution in [3.8, 4) is 17.0 Å². The van der Waals surface area contributed by atoms with Crippen LogP contribution in [0.15, 0.2) is 36.7 Å². The molecule has 0 bridgehead atoms. The second-order valence-electron chi connectivity index (χ2n) is 7.04. The van der Waals surface area contributed by atoms with E-state index in [1.165, 1.54) is 19.5 Å². The van der Waals surface area contributed by atoms with E-state index in [9.17, 15) is 9.18 Å². The average molecular weight is 394 g/mol. The van der Waals surface area contributed by atoms with Crippen LogP contribution in [0.1, 0.15) is 17.3 Å². The predicted molar refractivity (Wildman–Crippen MR) is 111 cm³/mol. The zero-order chi connectivity index (χ0) is 20.4. The minimum absolute atomic E-state index is 0.275. The van der Waals surface area contributed by atoms with E-state index in [0.717, 1.165) is 39.0 Å². The first-order valence-electron chi connectivity index (χ1n) is 9.69. The lowest BCUT2D eigenvalue weighted by atomic mass is 10.0. The van der Waals surface area contributed by atoms with Crippen molar-refractivity contribution in [3.05, 3.63) is 48.0 Å². The summed E-state index contributed by atoms with van der Waals surface area (Å²) in [5.41, 5.74) is 2.88. The molecule has 2 aromatic carbocycles. The molecule has 2 heterocycles. The number of hydrogen-bond acceptors (Lipinski definition) is 6. The molecule has 0 aliphatic carbocycles. The zero-order valence-corrected chi connectivity index (χ0v) is 16.6. The van der Waals surface area contributed by atoms with Gasteiger partial charge in [-0.3, -0.25) is 4.79 Å². The third kappa shape index (κ3) is 3.65. The lowest BCUT2D eigenvalue weighted by molar-refractivity contribution is 0.112. The summed E-state index contributed by atoms with van der Waals surface area (Å²) < 4.78 is 20.2. The van der Waals surface area contributed by atoms with Gasteiger partial charge in [-0.1, -0.05) is 13.0 Å². The maximum atomic E-state index is 15.0. The number of aromatic nitrogens is 2. The van der Waals surface area contributed by atoms with Crippen LogP contribution >= 0.6 is 0 Å². The topological polar surface area (TPSA) is 58.6 Å². The maximum Gasteiger partial charge on any atom is 0.153 e. The number of nitrogens with zero attached hydrogens (tertiary/aromatic N) is 4. The lowest BCUT2D eigenvalue weighted by Crippen LogP contribution is -2.46. The largest absolute Gasteiger partial charge is 0.496 e. The predicted octanol–water partition coefficient (Wildman–Crippen LogP) is 3.40. The van der Waals surface area contributed by atoms with E-state index in [-0.39, 0.29) is 5.82 Å². The molecule has 4 rings (SSSR count). The summed E-state index contributed by atoms with van der Waals surface area (Å²) in [6, 6.07) is 8.57. The second kappa shape index (κ2) is 8.13. The molecule has 0 unspecified atom stereocenters. The highest BCUT2D eigenvalue weighted by Crippen LogP contribution is 2.32. The van der Waals surface area contributed by atoms with Crippen LogP contribution in [0.3, 0.4) is 0 Å². The molecule has 6 nitrogen and oxygen atoms in total. The minimum Gasteiger partial charge on any atom is -0.496 e. The van der Waals surface area contributed by atoms with Gasteiger partial charge in [-0.05, 0) is 24.7 Å². The van der Waals surface area contributed by atoms with E-state index in [4.69, 9.17) is 4.74 Å². The van der Waals surface area contributed by atoms with E-state index in [0.29, 0.717) is 39.2 Å². The highest BCUT2D eigenvalue weighted by molar-refractivity contribution is 5.97. The van der Waals surface area contributed by atoms with Crippen LogP contribution < -0.4 is 9.64 Å². The van der Waals surface area contributed by atoms with Gasteiger partial charge < -0.3 is 14.5 Å². The Balaban J connectivity index is 1.71. The molecular weight excluding hydrogens is 371 g/mol. The van der Waals surface area contributed by atoms with Gasteiger partial charge in [0.15, 0.2) is 6.29 Å². The molecule has 1 fully saturated rings. The summed E-state index contributed by atoms with van der Waals surface area (Å²) in [5.74, 6) is 0.174. The van der Waals surface area contributed by atoms with Gasteiger partial charge in [-0.15, -0.1) is 0 Å². The number of aldehydes is 1. The van der Waals surface area contributed by atoms with Gasteiger partial charge in [0.1, 0.15) is 17.9 Å². The van der Waals surface area contributed by atoms with Gasteiger partial charge in [0.25, 0.3) is 0 Å². The number of benzene rings is 2. The third-order valence-corrected chi connectivity index (χ3v) is 5.50. The number of likely N-dealkylation sites (N-methyl/N-ethyl adjacent to an activating group) is 1. The van der Waals surface area contributed by atoms with Gasteiger partial charge >= 0.3 is 0 Å². The van der Waals surface area contributed by atoms with Crippen LogP contribution in [0.25, 0.3) is 22.2 Å². The molecule has 0 radical (unpaired) electrons. The number of ether oxygens (including phenoxy) is 1. The number of carbonyl (C=O) groups excluding carboxylic acids is 1. The molecule has 3 aromatic rings. The van der Waals surface area contributed by atoms with Gasteiger partial charge in [0.2, 0.25) is 0 Å². The molecule has 1 aliphatic heterocycles. The molecule has 1 saturated heterocycles. The smallest absolute Gasteiger partial charge is 0.153 e. The fraction of sp³-hybridized carbons (Fsp3) is 0.318. The van der Waals surface area contributed by atoms with Crippen LogP contribution in [0.2, 0.25) is 0 Å². The van der Waals surface area contributed by atoms with E-state index in [1.807, 2.05) is 12.1 Å². The monoisotopic (exact) mass is 394 g/mol. The van der Waals surface area contributed by atoms with Crippen molar-refractivity contribution in [3.63, 3.8) is 0 Å². The summed E-state index contributed by atoms with van der Waals surface area (Å²) in [7, 11) is 1.50. The van der Waals surface area contributed by atoms with E-state index in [1.54, 1.807) is 12.1 Å². The zero-order valence-electron chi connectivity index (χ0n) is 16.6. The normalized spacial score (nSPS) is 14.9. The quantitative estimate of drug-likeness (QED) is 0.618. The number of fused-ring (bicyclic) bond motifs is 1. The van der Waals surface area contributed by atoms with Crippen LogP contribution in [-0.2, 0) is 0 Å². The molecule has 0 atom stereocenters. The first-order valence-corrected chi connectivity index (χ1v) is 9.69. The Kier molecular flexibility index (Phi) is 5.40. The Morgan fingerprint density at radius 3 is 2.59 bits per heavy atom. The summed E-state index contributed by atoms with van der Waals surface area (Å²) in [6.45, 7) is 6.65. The molecule has 0 spiro atoms. The number of hydrogen-bond donors (Lipinski definition) is 0. The SMILES string of the molecule is CCN1CCN(c2ccc(-c3ncnc4cc(OC)c(C=O)cc34)cc2F)CC1. The highest BCUT2D eigenvalue weighted by atomic mass is 19.1. The van der Waals surface area contributed by atoms with Crippen LogP contribution in [0.4, 0.5) is 10.1 Å². The van der Waals surface area contributed by atoms with Crippen molar-refractivity contribution in [1.29, 1.82) is 0 Å². The molecule has 1 aromatic heterocycles. The summed E-state index contributed by atoms with van der Waals surface area (Å²) >= 11 is 0. The van der Waals surface area contributed by atoms with Crippen molar-refractivity contribution in [2.24, 2.45) is 0 Å². The highest BCUT2D eigenvalue weighted by Gasteiger charge is 2.19. The summed E-state index contributed by atoms with van der Waals surface area (Å²) in [5, 5.41) is 0.680. The van der Waals surface area contributed by atoms with Crippen LogP contribution in [-0.4, -0.2) is 61.0 Å². The molecular formula is C22H23FN4O2. The molecule has 0 saturated carbocycles. The number of anilines is 1. The first kappa shape index (κ1) is 19.3. The van der Waals surface area contributed by atoms with Crippen molar-refractivity contribution in [2.75, 3.05) is 44.7 Å². The minimum atomic E-state index is -0.275. The van der Waals surface area contributed by atoms with Crippen molar-refractivity contribution in [2.45, 2.75) is 6.92 Å². The molecule has 150 valence electrons. The maximum absolute atomic E-state index is 15.0. The summed E-state index contributed by atoms with van der Waals surface area (Å²) in [4.78, 5) is 24.5. The van der Waals surface area contributed by atoms with Gasteiger partial charge in [-0.25, -0.2) is 14.4 Å². The molecule has 0 N–H and O–H groups in total. The third-order valence-electron chi connectivity index (χ3n) is 5.50. The fourth-order valence-electron chi connectivity index (χ4n) is 3.82. The fourth-order valence-corrected chi connectivity index (χ4v) is 3.82. The Bertz CT molecular complexity index is 1050. The molecule has 0 amide bonds. The van der Waals surface area contributed by atoms with Crippen molar-refractivity contribution >= 4 is 22.9 Å². The second-order valence-corrected chi connectivity index (χ2v) is 7.04. The molecule has 7 heteroatoms. The van der Waals surface area contributed by atoms with Crippen LogP contribution in [0, 0.1) is 5.82 Å². The van der Waals surface area contributed by atoms with E-state index in [2.05, 4.69) is 26.7 Å². The molecule has 29 heavy (non-hydrogen) atoms. The van der Waals surface area contributed by atoms with Crippen molar-refractivity contribution in [1.82, 2.24) is 14.9 Å². The average Bonchev–Trinajstić information content (AvgIpc) is 2.77. The Morgan fingerprint density at radius 1 is 1.14 bits per heavy atom. The number of carbonyl (C=O) groups is 1. The Hall–Kier alpha value is -3.06. The van der Waals surface area contributed by atoms with Crippen molar-refractivity contribution < 1.29 is 13.9 Å². The van der Waals surface area contributed by atoms with Gasteiger partial charge in [-0.2, -0.15) is 0 Å².